The zero-order valence-corrected chi connectivity index (χ0v) is 3.46. The highest BCUT2D eigenvalue weighted by Crippen LogP contribution is 1.83. The van der Waals surface area contributed by atoms with Gasteiger partial charge in [0.2, 0.25) is 0 Å². The Balaban J connectivity index is 2.48. The van der Waals surface area contributed by atoms with Crippen LogP contribution in [0.3, 0.4) is 0 Å². The van der Waals surface area contributed by atoms with E-state index in [-0.39, 0.29) is 0 Å². The van der Waals surface area contributed by atoms with E-state index in [9.17, 15) is 0 Å². The van der Waals surface area contributed by atoms with Gasteiger partial charge in [0.25, 0.3) is 0 Å². The lowest BCUT2D eigenvalue weighted by Crippen LogP contribution is -1.60. The molecule has 0 aliphatic rings. The summed E-state index contributed by atoms with van der Waals surface area (Å²) in [6.45, 7) is 0. The minimum atomic E-state index is 0.389. The fourth-order valence-electron chi connectivity index (χ4n) is 0.0373. The zero-order valence-electron chi connectivity index (χ0n) is 2.64. The minimum Gasteiger partial charge on any atom is -0.329 e. The highest BCUT2D eigenvalue weighted by molar-refractivity contribution is 7.93. The Morgan fingerprint density at radius 1 is 2.00 bits per heavy atom. The maximum absolute atomic E-state index is 7.84. The molecule has 0 aromatic heterocycles. The summed E-state index contributed by atoms with van der Waals surface area (Å²) in [6, 6.07) is 0. The topological polar surface area (TPSA) is 20.2 Å². The predicted molar refractivity (Wildman–Crippen MR) is 23.9 cm³/mol. The van der Waals surface area contributed by atoms with Crippen LogP contribution in [0.25, 0.3) is 0 Å². The summed E-state index contributed by atoms with van der Waals surface area (Å²) in [7, 11) is 0. The Morgan fingerprint density at radius 3 is 2.60 bits per heavy atom. The molecular formula is C3H4OS. The van der Waals surface area contributed by atoms with Gasteiger partial charge in [0, 0.05) is 12.0 Å². The molecule has 0 aromatic carbocycles. The van der Waals surface area contributed by atoms with Crippen molar-refractivity contribution in [1.82, 2.24) is 0 Å². The zero-order chi connectivity index (χ0) is 4.12. The molecule has 1 nitrogen and oxygen atoms in total. The first kappa shape index (κ1) is 4.87. The highest BCUT2D eigenvalue weighted by atomic mass is 32.2. The molecule has 0 rings (SSSR count). The van der Waals surface area contributed by atoms with E-state index in [2.05, 4.69) is 5.92 Å². The molecule has 5 heavy (non-hydrogen) atoms. The monoisotopic (exact) mass is 88.0 g/mol. The molecule has 1 N–H and O–H groups in total. The normalized spacial score (nSPS) is 6.40. The second kappa shape index (κ2) is 3.87. The molecule has 0 unspecified atom stereocenters. The Kier molecular flexibility index (Phi) is 3.77. The maximum Gasteiger partial charge on any atom is 0.0805 e. The minimum absolute atomic E-state index is 0.389. The van der Waals surface area contributed by atoms with E-state index in [4.69, 9.17) is 11.0 Å². The van der Waals surface area contributed by atoms with Gasteiger partial charge in [-0.25, -0.2) is 0 Å². The molecule has 0 spiro atoms. The summed E-state index contributed by atoms with van der Waals surface area (Å²) < 4.78 is 7.84. The van der Waals surface area contributed by atoms with Crippen molar-refractivity contribution in [2.24, 2.45) is 0 Å². The third-order valence-corrected chi connectivity index (χ3v) is 0.444. The third-order valence-electron chi connectivity index (χ3n) is 0.148. The number of terminal acetylenes is 1. The van der Waals surface area contributed by atoms with Crippen molar-refractivity contribution in [1.29, 1.82) is 0 Å². The van der Waals surface area contributed by atoms with E-state index in [0.717, 1.165) is 0 Å². The lowest BCUT2D eigenvalue weighted by molar-refractivity contribution is 0.667. The van der Waals surface area contributed by atoms with Crippen molar-refractivity contribution < 1.29 is 4.55 Å². The van der Waals surface area contributed by atoms with Crippen LogP contribution >= 0.6 is 12.0 Å². The first-order valence-corrected chi connectivity index (χ1v) is 2.06. The molecule has 0 aliphatic carbocycles. The van der Waals surface area contributed by atoms with E-state index >= 15 is 0 Å². The number of rotatable bonds is 1. The molecule has 0 atom stereocenters. The lowest BCUT2D eigenvalue weighted by Gasteiger charge is -1.69. The molecule has 0 amide bonds. The summed E-state index contributed by atoms with van der Waals surface area (Å²) in [5.74, 6) is 2.62. The van der Waals surface area contributed by atoms with Gasteiger partial charge in [-0.05, 0) is 0 Å². The van der Waals surface area contributed by atoms with Gasteiger partial charge in [-0.15, -0.1) is 6.42 Å². The van der Waals surface area contributed by atoms with Gasteiger partial charge in [-0.3, -0.25) is 0 Å². The summed E-state index contributed by atoms with van der Waals surface area (Å²) in [5, 5.41) is 0. The van der Waals surface area contributed by atoms with Gasteiger partial charge in [0.1, 0.15) is 0 Å². The number of hydrogen-bond acceptors (Lipinski definition) is 2. The average Bonchev–Trinajstić information content (AvgIpc) is 1.41. The summed E-state index contributed by atoms with van der Waals surface area (Å²) in [5.41, 5.74) is 0. The van der Waals surface area contributed by atoms with E-state index in [1.165, 1.54) is 0 Å². The van der Waals surface area contributed by atoms with Crippen LogP contribution in [0.1, 0.15) is 0 Å². The number of hydrogen-bond donors (Lipinski definition) is 1. The van der Waals surface area contributed by atoms with Crippen molar-refractivity contribution in [2.75, 3.05) is 5.75 Å². The van der Waals surface area contributed by atoms with Crippen molar-refractivity contribution in [3.63, 3.8) is 0 Å². The molecule has 0 saturated carbocycles. The Labute approximate surface area is 35.6 Å². The molecule has 0 saturated heterocycles. The van der Waals surface area contributed by atoms with Gasteiger partial charge in [-0.1, -0.05) is 5.92 Å². The van der Waals surface area contributed by atoms with E-state index < -0.39 is 0 Å². The summed E-state index contributed by atoms with van der Waals surface area (Å²) in [4.78, 5) is 0. The van der Waals surface area contributed by atoms with E-state index in [1.807, 2.05) is 0 Å². The van der Waals surface area contributed by atoms with Crippen molar-refractivity contribution in [2.45, 2.75) is 0 Å². The van der Waals surface area contributed by atoms with Crippen LogP contribution in [0, 0.1) is 12.3 Å². The smallest absolute Gasteiger partial charge is 0.0805 e. The molecule has 0 fully saturated rings. The fourth-order valence-corrected chi connectivity index (χ4v) is 0.112. The largest absolute Gasteiger partial charge is 0.329 e. The van der Waals surface area contributed by atoms with Crippen LogP contribution in [-0.2, 0) is 0 Å². The summed E-state index contributed by atoms with van der Waals surface area (Å²) >= 11 is 0.666. The average molecular weight is 88.1 g/mol. The van der Waals surface area contributed by atoms with Crippen LogP contribution in [0.4, 0.5) is 0 Å². The van der Waals surface area contributed by atoms with Crippen LogP contribution in [0.5, 0.6) is 0 Å². The molecule has 28 valence electrons. The van der Waals surface area contributed by atoms with Crippen LogP contribution < -0.4 is 0 Å². The fraction of sp³-hybridized carbons (Fsp3) is 0.333. The van der Waals surface area contributed by atoms with Gasteiger partial charge >= 0.3 is 0 Å². The summed E-state index contributed by atoms with van der Waals surface area (Å²) in [6.07, 6.45) is 4.71. The van der Waals surface area contributed by atoms with Gasteiger partial charge in [0.15, 0.2) is 0 Å². The predicted octanol–water partition coefficient (Wildman–Crippen LogP) is 0.826. The first-order valence-electron chi connectivity index (χ1n) is 1.11. The Morgan fingerprint density at radius 2 is 2.60 bits per heavy atom. The van der Waals surface area contributed by atoms with E-state index in [1.54, 1.807) is 0 Å². The Hall–Kier alpha value is -0.130. The second-order valence-corrected chi connectivity index (χ2v) is 1.02. The molecule has 0 aliphatic heterocycles. The van der Waals surface area contributed by atoms with Gasteiger partial charge in [-0.2, -0.15) is 0 Å². The quantitative estimate of drug-likeness (QED) is 0.378. The molecule has 0 aromatic rings. The lowest BCUT2D eigenvalue weighted by atomic mass is 10.8. The van der Waals surface area contributed by atoms with Crippen molar-refractivity contribution in [3.05, 3.63) is 0 Å². The molecule has 0 bridgehead atoms. The van der Waals surface area contributed by atoms with Crippen molar-refractivity contribution in [3.8, 4) is 12.3 Å². The maximum atomic E-state index is 7.84. The SMILES string of the molecule is C#CCSO. The van der Waals surface area contributed by atoms with Crippen LogP contribution in [0.15, 0.2) is 0 Å². The highest BCUT2D eigenvalue weighted by Gasteiger charge is 1.63. The molecule has 0 radical (unpaired) electrons. The van der Waals surface area contributed by atoms with Gasteiger partial charge in [0.05, 0.1) is 5.75 Å². The molecular weight excluding hydrogens is 84.1 g/mol. The van der Waals surface area contributed by atoms with Crippen LogP contribution in [-0.4, -0.2) is 10.3 Å². The Bertz CT molecular complexity index is 45.3. The first-order chi connectivity index (χ1) is 2.41. The standard InChI is InChI=1S/C3H4OS/c1-2-3-5-4/h1,4H,3H2. The van der Waals surface area contributed by atoms with Crippen molar-refractivity contribution >= 4 is 12.0 Å². The van der Waals surface area contributed by atoms with E-state index in [0.29, 0.717) is 17.8 Å². The third kappa shape index (κ3) is 3.87. The van der Waals surface area contributed by atoms with Gasteiger partial charge < -0.3 is 4.55 Å². The van der Waals surface area contributed by atoms with Crippen LogP contribution in [0.2, 0.25) is 0 Å². The second-order valence-electron chi connectivity index (χ2n) is 0.478. The molecule has 2 heteroatoms. The molecule has 0 heterocycles.